The molecule has 1 unspecified atom stereocenters. The molecule has 0 amide bonds. The van der Waals surface area contributed by atoms with E-state index in [1.165, 1.54) is 7.11 Å². The van der Waals surface area contributed by atoms with Crippen LogP contribution in [0.15, 0.2) is 66.7 Å². The zero-order valence-electron chi connectivity index (χ0n) is 17.2. The first-order chi connectivity index (χ1) is 15.4. The predicted octanol–water partition coefficient (Wildman–Crippen LogP) is 6.29. The summed E-state index contributed by atoms with van der Waals surface area (Å²) in [5.74, 6) is -0.255. The first kappa shape index (κ1) is 25.4. The molecule has 0 aliphatic heterocycles. The molecule has 0 saturated heterocycles. The number of carbonyl (C=O) groups is 1. The van der Waals surface area contributed by atoms with Crippen LogP contribution in [0, 0.1) is 0 Å². The maximum absolute atomic E-state index is 12.7. The van der Waals surface area contributed by atoms with E-state index in [1.807, 2.05) is 30.3 Å². The van der Waals surface area contributed by atoms with Gasteiger partial charge < -0.3 is 0 Å². The molecule has 0 fully saturated rings. The number of nitrogens with zero attached hydrogens (tertiary/aromatic N) is 1. The number of carbonyl (C=O) groups excluding carboxylic acids is 1. The Kier molecular flexibility index (Phi) is 9.76. The minimum absolute atomic E-state index is 0.138. The van der Waals surface area contributed by atoms with E-state index in [-0.39, 0.29) is 25.7 Å². The molecule has 3 aromatic rings. The number of halogens is 4. The summed E-state index contributed by atoms with van der Waals surface area (Å²) >= 11 is 25.6. The molecule has 0 radical (unpaired) electrons. The molecule has 3 aromatic carbocycles. The predicted molar refractivity (Wildman–Crippen MR) is 135 cm³/mol. The summed E-state index contributed by atoms with van der Waals surface area (Å²) in [6.45, 7) is 1.29. The van der Waals surface area contributed by atoms with Crippen molar-refractivity contribution in [1.29, 1.82) is 0 Å². The molecule has 1 atom stereocenters. The van der Waals surface area contributed by atoms with Crippen molar-refractivity contribution >= 4 is 71.8 Å². The molecule has 3 nitrogen and oxygen atoms in total. The summed E-state index contributed by atoms with van der Waals surface area (Å²) in [5, 5.41) is 2.26. The second-order valence-corrected chi connectivity index (χ2v) is 11.3. The fraction of sp³-hybridized carbons (Fsp3) is 0.208. The number of ether oxygens (including phenoxy) is 1. The molecule has 8 heteroatoms. The van der Waals surface area contributed by atoms with E-state index < -0.39 is 0 Å². The number of hydrogen-bond acceptors (Lipinski definition) is 3. The van der Waals surface area contributed by atoms with Crippen LogP contribution < -0.4 is 4.46 Å². The summed E-state index contributed by atoms with van der Waals surface area (Å²) in [7, 11) is 1.41. The van der Waals surface area contributed by atoms with Crippen LogP contribution in [0.4, 0.5) is 0 Å². The normalized spacial score (nSPS) is 12.1. The summed E-state index contributed by atoms with van der Waals surface area (Å²) in [6, 6.07) is 20.8. The molecular weight excluding hydrogens is 555 g/mol. The molecule has 0 heterocycles. The van der Waals surface area contributed by atoms with Crippen molar-refractivity contribution in [3.05, 3.63) is 97.9 Å². The van der Waals surface area contributed by atoms with Crippen LogP contribution in [-0.4, -0.2) is 39.5 Å². The number of esters is 1. The van der Waals surface area contributed by atoms with Gasteiger partial charge in [0.1, 0.15) is 0 Å². The van der Waals surface area contributed by atoms with Gasteiger partial charge in [0.05, 0.1) is 0 Å². The number of hydrogen-bond donors (Lipinski definition) is 0. The molecule has 0 bridgehead atoms. The van der Waals surface area contributed by atoms with Crippen molar-refractivity contribution in [2.75, 3.05) is 13.7 Å². The van der Waals surface area contributed by atoms with Crippen molar-refractivity contribution in [1.82, 2.24) is 4.90 Å². The van der Waals surface area contributed by atoms with Gasteiger partial charge in [0.2, 0.25) is 0 Å². The van der Waals surface area contributed by atoms with E-state index in [0.29, 0.717) is 39.7 Å². The van der Waals surface area contributed by atoms with Crippen LogP contribution in [0.1, 0.15) is 11.1 Å². The third-order valence-corrected chi connectivity index (χ3v) is 8.67. The molecule has 0 aliphatic rings. The Morgan fingerprint density at radius 3 is 1.72 bits per heavy atom. The summed E-state index contributed by atoms with van der Waals surface area (Å²) in [5.41, 5.74) is 1.57. The van der Waals surface area contributed by atoms with Crippen molar-refractivity contribution in [3.8, 4) is 0 Å². The molecule has 0 aliphatic carbocycles. The van der Waals surface area contributed by atoms with Crippen molar-refractivity contribution in [3.63, 3.8) is 0 Å². The summed E-state index contributed by atoms with van der Waals surface area (Å²) in [4.78, 5) is 14.4. The molecular formula is C24H21Cl4NO2Se. The van der Waals surface area contributed by atoms with Crippen LogP contribution in [0.2, 0.25) is 24.9 Å². The van der Waals surface area contributed by atoms with Crippen LogP contribution in [0.3, 0.4) is 0 Å². The Hall–Kier alpha value is -1.23. The molecule has 0 spiro atoms. The molecule has 0 N–H and O–H groups in total. The quantitative estimate of drug-likeness (QED) is 0.222. The zero-order chi connectivity index (χ0) is 23.1. The Morgan fingerprint density at radius 2 is 1.28 bits per heavy atom. The van der Waals surface area contributed by atoms with E-state index in [4.69, 9.17) is 51.1 Å². The van der Waals surface area contributed by atoms with Gasteiger partial charge >= 0.3 is 216 Å². The van der Waals surface area contributed by atoms with Gasteiger partial charge in [-0.15, -0.1) is 0 Å². The van der Waals surface area contributed by atoms with Crippen molar-refractivity contribution < 1.29 is 9.53 Å². The zero-order valence-corrected chi connectivity index (χ0v) is 22.0. The van der Waals surface area contributed by atoms with Gasteiger partial charge in [0.15, 0.2) is 0 Å². The van der Waals surface area contributed by atoms with Gasteiger partial charge in [0.25, 0.3) is 0 Å². The van der Waals surface area contributed by atoms with E-state index >= 15 is 0 Å². The van der Waals surface area contributed by atoms with Crippen molar-refractivity contribution in [2.24, 2.45) is 0 Å². The monoisotopic (exact) mass is 575 g/mol. The summed E-state index contributed by atoms with van der Waals surface area (Å²) < 4.78 is 6.24. The first-order valence-electron chi connectivity index (χ1n) is 9.76. The Labute approximate surface area is 214 Å². The van der Waals surface area contributed by atoms with Gasteiger partial charge in [-0.25, -0.2) is 0 Å². The second kappa shape index (κ2) is 12.3. The minimum atomic E-state index is -0.336. The molecule has 0 saturated carbocycles. The van der Waals surface area contributed by atoms with E-state index in [2.05, 4.69) is 4.90 Å². The Morgan fingerprint density at radius 1 is 0.812 bits per heavy atom. The maximum atomic E-state index is 12.7. The van der Waals surface area contributed by atoms with E-state index in [1.54, 1.807) is 36.4 Å². The average molecular weight is 576 g/mol. The van der Waals surface area contributed by atoms with Crippen LogP contribution >= 0.6 is 46.4 Å². The SMILES string of the molecule is COC(=O)C(CN(Cc1c(Cl)cccc1Cl)Cc1c(Cl)cccc1Cl)[Se]c1ccccc1. The Bertz CT molecular complexity index is 971. The fourth-order valence-corrected chi connectivity index (χ4v) is 6.57. The molecule has 0 aromatic heterocycles. The topological polar surface area (TPSA) is 29.5 Å². The van der Waals surface area contributed by atoms with Crippen LogP contribution in [-0.2, 0) is 22.6 Å². The van der Waals surface area contributed by atoms with Gasteiger partial charge in [-0.2, -0.15) is 0 Å². The second-order valence-electron chi connectivity index (χ2n) is 7.01. The van der Waals surface area contributed by atoms with Gasteiger partial charge in [-0.3, -0.25) is 0 Å². The molecule has 3 rings (SSSR count). The molecule has 168 valence electrons. The van der Waals surface area contributed by atoms with Crippen LogP contribution in [0.5, 0.6) is 0 Å². The fourth-order valence-electron chi connectivity index (χ4n) is 3.19. The Balaban J connectivity index is 1.93. The number of rotatable bonds is 9. The van der Waals surface area contributed by atoms with E-state index in [0.717, 1.165) is 15.6 Å². The summed E-state index contributed by atoms with van der Waals surface area (Å²) in [6.07, 6.45) is 0. The van der Waals surface area contributed by atoms with Gasteiger partial charge in [-0.1, -0.05) is 0 Å². The van der Waals surface area contributed by atoms with Gasteiger partial charge in [-0.05, 0) is 0 Å². The van der Waals surface area contributed by atoms with E-state index in [9.17, 15) is 4.79 Å². The number of methoxy groups -OCH3 is 1. The number of benzene rings is 3. The van der Waals surface area contributed by atoms with Crippen LogP contribution in [0.25, 0.3) is 0 Å². The standard InChI is InChI=1S/C24H21Cl4NO2Se/c1-31-24(30)23(32-16-7-3-2-4-8-16)15-29(13-17-19(25)9-5-10-20(17)26)14-18-21(27)11-6-12-22(18)28/h2-12,23H,13-15H2,1H3. The first-order valence-corrected chi connectivity index (χ1v) is 13.1. The third kappa shape index (κ3) is 6.88. The van der Waals surface area contributed by atoms with Gasteiger partial charge in [0, 0.05) is 0 Å². The average Bonchev–Trinajstić information content (AvgIpc) is 2.78. The molecule has 32 heavy (non-hydrogen) atoms. The third-order valence-electron chi connectivity index (χ3n) is 4.80. The van der Waals surface area contributed by atoms with Crippen molar-refractivity contribution in [2.45, 2.75) is 17.9 Å².